The summed E-state index contributed by atoms with van der Waals surface area (Å²) >= 11 is 0. The van der Waals surface area contributed by atoms with Crippen molar-refractivity contribution in [2.45, 2.75) is 46.4 Å². The van der Waals surface area contributed by atoms with E-state index < -0.39 is 6.10 Å². The fraction of sp³-hybridized carbons (Fsp3) is 0.381. The number of hydrogen-bond donors (Lipinski definition) is 0. The van der Waals surface area contributed by atoms with E-state index in [1.807, 2.05) is 54.3 Å². The van der Waals surface area contributed by atoms with Crippen LogP contribution in [0.3, 0.4) is 0 Å². The lowest BCUT2D eigenvalue weighted by Gasteiger charge is -2.25. The van der Waals surface area contributed by atoms with Crippen LogP contribution in [0.2, 0.25) is 0 Å². The molecule has 26 heavy (non-hydrogen) atoms. The molecule has 1 aliphatic heterocycles. The second kappa shape index (κ2) is 8.13. The molecule has 1 amide bonds. The molecule has 3 rings (SSSR count). The van der Waals surface area contributed by atoms with E-state index in [1.54, 1.807) is 6.20 Å². The summed E-state index contributed by atoms with van der Waals surface area (Å²) in [4.78, 5) is 24.8. The molecule has 2 heterocycles. The van der Waals surface area contributed by atoms with E-state index in [2.05, 4.69) is 24.0 Å². The molecule has 136 valence electrons. The van der Waals surface area contributed by atoms with Crippen molar-refractivity contribution in [3.63, 3.8) is 0 Å². The van der Waals surface area contributed by atoms with Crippen LogP contribution < -0.4 is 0 Å². The number of amides is 1. The van der Waals surface area contributed by atoms with E-state index in [0.717, 1.165) is 22.5 Å². The summed E-state index contributed by atoms with van der Waals surface area (Å²) in [6, 6.07) is 13.9. The van der Waals surface area contributed by atoms with Crippen LogP contribution in [-0.2, 0) is 22.7 Å². The SMILES string of the molecule is Cc1cccnc1CN(Cc1ccccc1)C(=O)[C@@H]1CC(C(C)C)=NO1. The maximum absolute atomic E-state index is 13.1. The van der Waals surface area contributed by atoms with Crippen LogP contribution in [0.1, 0.15) is 37.1 Å². The number of carbonyl (C=O) groups is 1. The smallest absolute Gasteiger partial charge is 0.267 e. The number of hydrogen-bond acceptors (Lipinski definition) is 4. The highest BCUT2D eigenvalue weighted by molar-refractivity contribution is 5.93. The summed E-state index contributed by atoms with van der Waals surface area (Å²) in [5.41, 5.74) is 4.00. The Balaban J connectivity index is 1.78. The molecule has 0 N–H and O–H groups in total. The van der Waals surface area contributed by atoms with Gasteiger partial charge in [0, 0.05) is 19.2 Å². The van der Waals surface area contributed by atoms with Gasteiger partial charge in [-0.2, -0.15) is 0 Å². The Bertz CT molecular complexity index is 787. The molecule has 1 aromatic carbocycles. The largest absolute Gasteiger partial charge is 0.382 e. The van der Waals surface area contributed by atoms with Gasteiger partial charge in [0.05, 0.1) is 18.0 Å². The minimum Gasteiger partial charge on any atom is -0.382 e. The number of pyridine rings is 1. The molecule has 1 aliphatic rings. The lowest BCUT2D eigenvalue weighted by molar-refractivity contribution is -0.143. The third kappa shape index (κ3) is 4.28. The van der Waals surface area contributed by atoms with Gasteiger partial charge in [-0.05, 0) is 30.0 Å². The van der Waals surface area contributed by atoms with Gasteiger partial charge in [-0.25, -0.2) is 0 Å². The van der Waals surface area contributed by atoms with Crippen molar-refractivity contribution < 1.29 is 9.63 Å². The van der Waals surface area contributed by atoms with Crippen molar-refractivity contribution in [2.24, 2.45) is 11.1 Å². The van der Waals surface area contributed by atoms with Crippen molar-refractivity contribution in [1.29, 1.82) is 0 Å². The van der Waals surface area contributed by atoms with E-state index in [4.69, 9.17) is 4.84 Å². The second-order valence-corrected chi connectivity index (χ2v) is 6.98. The molecule has 0 saturated heterocycles. The molecule has 0 radical (unpaired) electrons. The van der Waals surface area contributed by atoms with Gasteiger partial charge in [-0.15, -0.1) is 0 Å². The number of nitrogens with zero attached hydrogens (tertiary/aromatic N) is 3. The van der Waals surface area contributed by atoms with Gasteiger partial charge >= 0.3 is 0 Å². The van der Waals surface area contributed by atoms with Crippen molar-refractivity contribution in [3.8, 4) is 0 Å². The summed E-state index contributed by atoms with van der Waals surface area (Å²) in [6.07, 6.45) is 1.78. The monoisotopic (exact) mass is 351 g/mol. The van der Waals surface area contributed by atoms with Crippen LogP contribution in [0.25, 0.3) is 0 Å². The predicted octanol–water partition coefficient (Wildman–Crippen LogP) is 3.72. The molecule has 5 heteroatoms. The zero-order chi connectivity index (χ0) is 18.5. The first kappa shape index (κ1) is 18.1. The number of oxime groups is 1. The molecule has 0 fully saturated rings. The van der Waals surface area contributed by atoms with Crippen LogP contribution in [0.5, 0.6) is 0 Å². The highest BCUT2D eigenvalue weighted by Gasteiger charge is 2.33. The molecular weight excluding hydrogens is 326 g/mol. The van der Waals surface area contributed by atoms with E-state index in [1.165, 1.54) is 0 Å². The lowest BCUT2D eigenvalue weighted by Crippen LogP contribution is -2.39. The summed E-state index contributed by atoms with van der Waals surface area (Å²) in [7, 11) is 0. The first-order valence-electron chi connectivity index (χ1n) is 9.00. The van der Waals surface area contributed by atoms with E-state index in [0.29, 0.717) is 19.5 Å². The van der Waals surface area contributed by atoms with Crippen LogP contribution in [0, 0.1) is 12.8 Å². The molecule has 0 unspecified atom stereocenters. The maximum atomic E-state index is 13.1. The Morgan fingerprint density at radius 2 is 1.96 bits per heavy atom. The Morgan fingerprint density at radius 1 is 1.19 bits per heavy atom. The third-order valence-electron chi connectivity index (χ3n) is 4.62. The minimum absolute atomic E-state index is 0.0432. The zero-order valence-corrected chi connectivity index (χ0v) is 15.6. The van der Waals surface area contributed by atoms with E-state index >= 15 is 0 Å². The molecule has 2 aromatic rings. The highest BCUT2D eigenvalue weighted by atomic mass is 16.6. The Hall–Kier alpha value is -2.69. The van der Waals surface area contributed by atoms with Gasteiger partial charge in [-0.1, -0.05) is 55.4 Å². The molecule has 1 atom stereocenters. The van der Waals surface area contributed by atoms with Crippen LogP contribution in [0.15, 0.2) is 53.8 Å². The van der Waals surface area contributed by atoms with Crippen molar-refractivity contribution in [2.75, 3.05) is 0 Å². The zero-order valence-electron chi connectivity index (χ0n) is 15.6. The number of carbonyl (C=O) groups excluding carboxylic acids is 1. The van der Waals surface area contributed by atoms with E-state index in [-0.39, 0.29) is 11.8 Å². The standard InChI is InChI=1S/C21H25N3O2/c1-15(2)18-12-20(26-23-18)21(25)24(13-17-9-5-4-6-10-17)14-19-16(3)8-7-11-22-19/h4-11,15,20H,12-14H2,1-3H3/t20-/m0/s1. The fourth-order valence-corrected chi connectivity index (χ4v) is 2.95. The Kier molecular flexibility index (Phi) is 5.66. The maximum Gasteiger partial charge on any atom is 0.267 e. The van der Waals surface area contributed by atoms with Crippen LogP contribution in [-0.4, -0.2) is 27.6 Å². The number of aromatic nitrogens is 1. The molecule has 0 aliphatic carbocycles. The average Bonchev–Trinajstić information content (AvgIpc) is 3.14. The minimum atomic E-state index is -0.542. The Morgan fingerprint density at radius 3 is 2.62 bits per heavy atom. The normalized spacial score (nSPS) is 16.3. The van der Waals surface area contributed by atoms with Gasteiger partial charge in [0.1, 0.15) is 0 Å². The molecule has 0 saturated carbocycles. The van der Waals surface area contributed by atoms with Crippen LogP contribution >= 0.6 is 0 Å². The number of rotatable bonds is 6. The van der Waals surface area contributed by atoms with Gasteiger partial charge in [0.15, 0.2) is 0 Å². The fourth-order valence-electron chi connectivity index (χ4n) is 2.95. The predicted molar refractivity (Wildman–Crippen MR) is 101 cm³/mol. The lowest BCUT2D eigenvalue weighted by atomic mass is 10.0. The summed E-state index contributed by atoms with van der Waals surface area (Å²) in [5, 5.41) is 4.11. The molecule has 0 bridgehead atoms. The van der Waals surface area contributed by atoms with Crippen molar-refractivity contribution in [1.82, 2.24) is 9.88 Å². The van der Waals surface area contributed by atoms with Gasteiger partial charge < -0.3 is 9.74 Å². The van der Waals surface area contributed by atoms with Crippen LogP contribution in [0.4, 0.5) is 0 Å². The number of aryl methyl sites for hydroxylation is 1. The third-order valence-corrected chi connectivity index (χ3v) is 4.62. The van der Waals surface area contributed by atoms with Crippen molar-refractivity contribution >= 4 is 11.6 Å². The molecule has 5 nitrogen and oxygen atoms in total. The summed E-state index contributed by atoms with van der Waals surface area (Å²) in [5.74, 6) is 0.242. The topological polar surface area (TPSA) is 54.8 Å². The Labute approximate surface area is 154 Å². The molecule has 1 aromatic heterocycles. The summed E-state index contributed by atoms with van der Waals surface area (Å²) < 4.78 is 0. The molecule has 0 spiro atoms. The first-order valence-corrected chi connectivity index (χ1v) is 9.00. The van der Waals surface area contributed by atoms with E-state index in [9.17, 15) is 4.79 Å². The van der Waals surface area contributed by atoms with Crippen molar-refractivity contribution in [3.05, 3.63) is 65.5 Å². The van der Waals surface area contributed by atoms with Gasteiger partial charge in [0.2, 0.25) is 6.10 Å². The second-order valence-electron chi connectivity index (χ2n) is 6.98. The average molecular weight is 351 g/mol. The first-order chi connectivity index (χ1) is 12.5. The molecular formula is C21H25N3O2. The van der Waals surface area contributed by atoms with Gasteiger partial charge in [-0.3, -0.25) is 9.78 Å². The van der Waals surface area contributed by atoms with Gasteiger partial charge in [0.25, 0.3) is 5.91 Å². The highest BCUT2D eigenvalue weighted by Crippen LogP contribution is 2.20. The summed E-state index contributed by atoms with van der Waals surface area (Å²) in [6.45, 7) is 7.12. The quantitative estimate of drug-likeness (QED) is 0.797. The number of benzene rings is 1.